The molecule has 0 saturated heterocycles. The predicted octanol–water partition coefficient (Wildman–Crippen LogP) is 6.46. The molecule has 2 rings (SSSR count). The summed E-state index contributed by atoms with van der Waals surface area (Å²) in [7, 11) is 0. The van der Waals surface area contributed by atoms with Crippen molar-refractivity contribution in [3.63, 3.8) is 0 Å². The van der Waals surface area contributed by atoms with Gasteiger partial charge >= 0.3 is 0 Å². The third-order valence-corrected chi connectivity index (χ3v) is 5.36. The van der Waals surface area contributed by atoms with Gasteiger partial charge in [-0.2, -0.15) is 0 Å². The number of carbonyl (C=O) groups is 1. The van der Waals surface area contributed by atoms with Crippen LogP contribution >= 0.6 is 38.5 Å². The van der Waals surface area contributed by atoms with Crippen LogP contribution in [0.15, 0.2) is 40.9 Å². The number of nitrogens with one attached hydrogen (secondary N) is 1. The van der Waals surface area contributed by atoms with E-state index in [0.717, 1.165) is 25.0 Å². The van der Waals surface area contributed by atoms with Gasteiger partial charge in [0.1, 0.15) is 5.75 Å². The number of carbonyl (C=O) groups excluding carboxylic acids is 1. The fourth-order valence-corrected chi connectivity index (χ4v) is 3.62. The van der Waals surface area contributed by atoms with Crippen LogP contribution in [0.5, 0.6) is 5.75 Å². The van der Waals surface area contributed by atoms with Gasteiger partial charge < -0.3 is 10.1 Å². The lowest BCUT2D eigenvalue weighted by molar-refractivity contribution is -0.116. The minimum atomic E-state index is 0.0139. The maximum Gasteiger partial charge on any atom is 0.224 e. The summed E-state index contributed by atoms with van der Waals surface area (Å²) in [5, 5.41) is 2.96. The van der Waals surface area contributed by atoms with Crippen LogP contribution in [-0.4, -0.2) is 12.5 Å². The molecule has 0 aliphatic heterocycles. The number of hydrogen-bond donors (Lipinski definition) is 1. The van der Waals surface area contributed by atoms with Gasteiger partial charge in [0.2, 0.25) is 5.91 Å². The van der Waals surface area contributed by atoms with E-state index in [0.29, 0.717) is 19.4 Å². The number of hydrogen-bond acceptors (Lipinski definition) is 2. The Balaban J connectivity index is 1.80. The van der Waals surface area contributed by atoms with E-state index in [9.17, 15) is 4.79 Å². The first-order chi connectivity index (χ1) is 12.2. The van der Waals surface area contributed by atoms with Crippen molar-refractivity contribution >= 4 is 50.1 Å². The molecule has 0 saturated carbocycles. The van der Waals surface area contributed by atoms with E-state index >= 15 is 0 Å². The largest absolute Gasteiger partial charge is 0.492 e. The topological polar surface area (TPSA) is 38.3 Å². The number of anilines is 1. The molecule has 0 bridgehead atoms. The summed E-state index contributed by atoms with van der Waals surface area (Å²) in [5.74, 6) is 0.826. The van der Waals surface area contributed by atoms with Crippen molar-refractivity contribution in [2.75, 3.05) is 11.9 Å². The first-order valence-corrected chi connectivity index (χ1v) is 10.5. The second-order valence-electron chi connectivity index (χ2n) is 7.35. The lowest BCUT2D eigenvalue weighted by atomic mass is 9.87. The van der Waals surface area contributed by atoms with Crippen LogP contribution in [0.4, 0.5) is 5.69 Å². The van der Waals surface area contributed by atoms with Crippen molar-refractivity contribution in [2.24, 2.45) is 0 Å². The Morgan fingerprint density at radius 1 is 1.19 bits per heavy atom. The highest BCUT2D eigenvalue weighted by atomic mass is 127. The molecule has 0 aliphatic rings. The summed E-state index contributed by atoms with van der Waals surface area (Å²) in [6, 6.07) is 12.2. The van der Waals surface area contributed by atoms with E-state index in [2.05, 4.69) is 82.8 Å². The highest BCUT2D eigenvalue weighted by molar-refractivity contribution is 14.1. The van der Waals surface area contributed by atoms with Crippen molar-refractivity contribution in [3.8, 4) is 5.75 Å². The molecule has 0 heterocycles. The second kappa shape index (κ2) is 9.22. The number of rotatable bonds is 6. The summed E-state index contributed by atoms with van der Waals surface area (Å²) in [5.41, 5.74) is 3.30. The molecule has 26 heavy (non-hydrogen) atoms. The monoisotopic (exact) mass is 529 g/mol. The zero-order valence-corrected chi connectivity index (χ0v) is 19.4. The highest BCUT2D eigenvalue weighted by Crippen LogP contribution is 2.31. The third kappa shape index (κ3) is 6.27. The smallest absolute Gasteiger partial charge is 0.224 e. The van der Waals surface area contributed by atoms with E-state index in [-0.39, 0.29) is 11.3 Å². The molecule has 1 N–H and O–H groups in total. The maximum atomic E-state index is 12.1. The number of ether oxygens (including phenoxy) is 1. The molecule has 2 aromatic rings. The van der Waals surface area contributed by atoms with Crippen molar-refractivity contribution in [1.29, 1.82) is 0 Å². The molecule has 0 atom stereocenters. The first-order valence-electron chi connectivity index (χ1n) is 8.65. The molecule has 0 spiro atoms. The number of amides is 1. The van der Waals surface area contributed by atoms with Crippen molar-refractivity contribution in [3.05, 3.63) is 55.6 Å². The van der Waals surface area contributed by atoms with Gasteiger partial charge in [0.25, 0.3) is 0 Å². The van der Waals surface area contributed by atoms with E-state index in [1.54, 1.807) is 0 Å². The van der Waals surface area contributed by atoms with Gasteiger partial charge in [-0.25, -0.2) is 0 Å². The fraction of sp³-hybridized carbons (Fsp3) is 0.381. The van der Waals surface area contributed by atoms with Gasteiger partial charge in [-0.3, -0.25) is 4.79 Å². The summed E-state index contributed by atoms with van der Waals surface area (Å²) in [6.45, 7) is 9.06. The molecule has 0 radical (unpaired) electrons. The molecule has 0 unspecified atom stereocenters. The highest BCUT2D eigenvalue weighted by Gasteiger charge is 2.15. The van der Waals surface area contributed by atoms with E-state index < -0.39 is 0 Å². The van der Waals surface area contributed by atoms with Crippen molar-refractivity contribution in [2.45, 2.75) is 46.0 Å². The quantitative estimate of drug-likeness (QED) is 0.344. The molecule has 2 aromatic carbocycles. The molecule has 0 fully saturated rings. The van der Waals surface area contributed by atoms with Crippen LogP contribution in [0.25, 0.3) is 0 Å². The Bertz CT molecular complexity index is 784. The minimum Gasteiger partial charge on any atom is -0.492 e. The van der Waals surface area contributed by atoms with E-state index in [1.807, 2.05) is 25.1 Å². The lowest BCUT2D eigenvalue weighted by Gasteiger charge is -2.20. The van der Waals surface area contributed by atoms with Crippen LogP contribution in [0.3, 0.4) is 0 Å². The average Bonchev–Trinajstić information content (AvgIpc) is 2.54. The summed E-state index contributed by atoms with van der Waals surface area (Å²) >= 11 is 5.84. The zero-order chi connectivity index (χ0) is 19.3. The van der Waals surface area contributed by atoms with Crippen LogP contribution in [0.1, 0.15) is 44.7 Å². The summed E-state index contributed by atoms with van der Waals surface area (Å²) < 4.78 is 7.93. The van der Waals surface area contributed by atoms with Crippen LogP contribution in [0.2, 0.25) is 0 Å². The summed E-state index contributed by atoms with van der Waals surface area (Å²) in [4.78, 5) is 12.1. The predicted molar refractivity (Wildman–Crippen MR) is 120 cm³/mol. The maximum absolute atomic E-state index is 12.1. The minimum absolute atomic E-state index is 0.0139. The Morgan fingerprint density at radius 2 is 1.92 bits per heavy atom. The number of benzene rings is 2. The van der Waals surface area contributed by atoms with Gasteiger partial charge in [0.05, 0.1) is 11.1 Å². The Kier molecular flexibility index (Phi) is 7.52. The zero-order valence-electron chi connectivity index (χ0n) is 15.7. The van der Waals surface area contributed by atoms with Gasteiger partial charge in [-0.05, 0) is 98.7 Å². The number of aryl methyl sites for hydroxylation is 1. The van der Waals surface area contributed by atoms with Gasteiger partial charge in [-0.1, -0.05) is 26.8 Å². The molecule has 0 aliphatic carbocycles. The molecule has 5 heteroatoms. The van der Waals surface area contributed by atoms with Crippen LogP contribution in [0, 0.1) is 10.5 Å². The fourth-order valence-electron chi connectivity index (χ4n) is 2.48. The Hall–Kier alpha value is -1.08. The molecular weight excluding hydrogens is 505 g/mol. The van der Waals surface area contributed by atoms with Crippen LogP contribution < -0.4 is 10.1 Å². The van der Waals surface area contributed by atoms with Crippen molar-refractivity contribution in [1.82, 2.24) is 0 Å². The lowest BCUT2D eigenvalue weighted by Crippen LogP contribution is -2.14. The standard InChI is InChI=1S/C21H25BrINO2/c1-14-12-16(23)8-9-18(14)24-20(25)6-5-11-26-19-10-7-15(13-17(19)22)21(2,3)4/h7-10,12-13H,5-6,11H2,1-4H3,(H,24,25). The Morgan fingerprint density at radius 3 is 2.54 bits per heavy atom. The van der Waals surface area contributed by atoms with E-state index in [4.69, 9.17) is 4.74 Å². The SMILES string of the molecule is Cc1cc(I)ccc1NC(=O)CCCOc1ccc(C(C)(C)C)cc1Br. The van der Waals surface area contributed by atoms with Gasteiger partial charge in [0, 0.05) is 15.7 Å². The average molecular weight is 530 g/mol. The Labute approximate surface area is 178 Å². The van der Waals surface area contributed by atoms with Gasteiger partial charge in [0.15, 0.2) is 0 Å². The van der Waals surface area contributed by atoms with Crippen LogP contribution in [-0.2, 0) is 10.2 Å². The molecule has 3 nitrogen and oxygen atoms in total. The van der Waals surface area contributed by atoms with E-state index in [1.165, 1.54) is 5.56 Å². The summed E-state index contributed by atoms with van der Waals surface area (Å²) in [6.07, 6.45) is 1.10. The third-order valence-electron chi connectivity index (χ3n) is 4.07. The second-order valence-corrected chi connectivity index (χ2v) is 9.45. The molecular formula is C21H25BrINO2. The van der Waals surface area contributed by atoms with Gasteiger partial charge in [-0.15, -0.1) is 0 Å². The first kappa shape index (κ1) is 21.2. The molecule has 0 aromatic heterocycles. The normalized spacial score (nSPS) is 11.3. The van der Waals surface area contributed by atoms with Crippen molar-refractivity contribution < 1.29 is 9.53 Å². The molecule has 1 amide bonds. The number of halogens is 2. The molecule has 140 valence electrons.